The van der Waals surface area contributed by atoms with Crippen LogP contribution in [0.4, 0.5) is 0 Å². The Balaban J connectivity index is 2.58. The van der Waals surface area contributed by atoms with Gasteiger partial charge in [0.15, 0.2) is 5.78 Å². The molecule has 0 aromatic heterocycles. The molecule has 0 saturated carbocycles. The van der Waals surface area contributed by atoms with Crippen LogP contribution in [-0.2, 0) is 0 Å². The average Bonchev–Trinajstić information content (AvgIpc) is 2.69. The quantitative estimate of drug-likeness (QED) is 0.192. The largest absolute Gasteiger partial charge is 0.506 e. The second-order valence-corrected chi connectivity index (χ2v) is 9.23. The lowest BCUT2D eigenvalue weighted by Gasteiger charge is -2.17. The van der Waals surface area contributed by atoms with E-state index in [2.05, 4.69) is 13.8 Å². The van der Waals surface area contributed by atoms with Crippen LogP contribution in [-0.4, -0.2) is 10.9 Å². The van der Waals surface area contributed by atoms with Crippen LogP contribution in [0.3, 0.4) is 0 Å². The standard InChI is InChI=1S/C25H40Cl2O2/c1-3-5-7-9-11-13-15-20(16-14-12-10-8-6-4-2)17-24(28)22-18-21(26)19-23(27)25(22)29/h18-20,29H,3-17H2,1-2H3. The van der Waals surface area contributed by atoms with E-state index in [0.717, 1.165) is 12.8 Å². The molecule has 1 aromatic rings. The summed E-state index contributed by atoms with van der Waals surface area (Å²) < 4.78 is 0. The Morgan fingerprint density at radius 3 is 1.83 bits per heavy atom. The number of rotatable bonds is 17. The normalized spacial score (nSPS) is 11.3. The van der Waals surface area contributed by atoms with Crippen molar-refractivity contribution in [2.45, 2.75) is 110 Å². The number of halogens is 2. The van der Waals surface area contributed by atoms with Gasteiger partial charge in [-0.15, -0.1) is 0 Å². The summed E-state index contributed by atoms with van der Waals surface area (Å²) in [5.41, 5.74) is 0.262. The number of hydrogen-bond acceptors (Lipinski definition) is 2. The maximum absolute atomic E-state index is 12.9. The Labute approximate surface area is 188 Å². The third-order valence-electron chi connectivity index (χ3n) is 5.73. The van der Waals surface area contributed by atoms with E-state index in [0.29, 0.717) is 17.4 Å². The molecule has 0 atom stereocenters. The highest BCUT2D eigenvalue weighted by atomic mass is 35.5. The summed E-state index contributed by atoms with van der Waals surface area (Å²) in [7, 11) is 0. The van der Waals surface area contributed by atoms with Gasteiger partial charge in [0.1, 0.15) is 5.75 Å². The SMILES string of the molecule is CCCCCCCCC(CCCCCCCC)CC(=O)c1cc(Cl)cc(Cl)c1O. The fourth-order valence-electron chi connectivity index (χ4n) is 3.93. The van der Waals surface area contributed by atoms with Gasteiger partial charge in [-0.2, -0.15) is 0 Å². The molecule has 1 aromatic carbocycles. The smallest absolute Gasteiger partial charge is 0.166 e. The minimum absolute atomic E-state index is 0.0473. The Morgan fingerprint density at radius 1 is 0.828 bits per heavy atom. The predicted molar refractivity (Wildman–Crippen MR) is 127 cm³/mol. The van der Waals surface area contributed by atoms with E-state index >= 15 is 0 Å². The number of carbonyl (C=O) groups is 1. The summed E-state index contributed by atoms with van der Waals surface area (Å²) >= 11 is 12.0. The monoisotopic (exact) mass is 442 g/mol. The fraction of sp³-hybridized carbons (Fsp3) is 0.720. The zero-order valence-electron chi connectivity index (χ0n) is 18.5. The lowest BCUT2D eigenvalue weighted by molar-refractivity contribution is 0.0952. The number of hydrogen-bond donors (Lipinski definition) is 1. The molecule has 0 fully saturated rings. The Morgan fingerprint density at radius 2 is 1.31 bits per heavy atom. The molecule has 0 spiro atoms. The molecule has 0 amide bonds. The molecule has 0 saturated heterocycles. The summed E-state index contributed by atoms with van der Waals surface area (Å²) in [6, 6.07) is 3.01. The molecule has 1 rings (SSSR count). The molecular formula is C25H40Cl2O2. The first kappa shape index (κ1) is 26.3. The van der Waals surface area contributed by atoms with Gasteiger partial charge in [0.25, 0.3) is 0 Å². The first-order chi connectivity index (χ1) is 14.0. The molecule has 1 N–H and O–H groups in total. The van der Waals surface area contributed by atoms with Crippen LogP contribution >= 0.6 is 23.2 Å². The number of unbranched alkanes of at least 4 members (excludes halogenated alkanes) is 10. The number of aromatic hydroxyl groups is 1. The Bertz CT molecular complexity index is 570. The first-order valence-electron chi connectivity index (χ1n) is 11.7. The predicted octanol–water partition coefficient (Wildman–Crippen LogP) is 9.39. The van der Waals surface area contributed by atoms with E-state index in [-0.39, 0.29) is 22.1 Å². The van der Waals surface area contributed by atoms with Crippen LogP contribution in [0.2, 0.25) is 10.0 Å². The van der Waals surface area contributed by atoms with E-state index in [4.69, 9.17) is 23.2 Å². The van der Waals surface area contributed by atoms with Crippen molar-refractivity contribution in [2.24, 2.45) is 5.92 Å². The maximum atomic E-state index is 12.9. The third-order valence-corrected chi connectivity index (χ3v) is 6.24. The van der Waals surface area contributed by atoms with Gasteiger partial charge in [0.05, 0.1) is 10.6 Å². The second-order valence-electron chi connectivity index (χ2n) is 8.39. The number of ketones is 1. The van der Waals surface area contributed by atoms with Gasteiger partial charge in [-0.3, -0.25) is 4.79 Å². The molecule has 0 radical (unpaired) electrons. The topological polar surface area (TPSA) is 37.3 Å². The maximum Gasteiger partial charge on any atom is 0.166 e. The summed E-state index contributed by atoms with van der Waals surface area (Å²) in [6.07, 6.45) is 17.8. The van der Waals surface area contributed by atoms with Crippen molar-refractivity contribution in [3.05, 3.63) is 27.7 Å². The van der Waals surface area contributed by atoms with Crippen molar-refractivity contribution in [2.75, 3.05) is 0 Å². The van der Waals surface area contributed by atoms with E-state index in [1.165, 1.54) is 89.2 Å². The van der Waals surface area contributed by atoms with Crippen molar-refractivity contribution in [3.63, 3.8) is 0 Å². The van der Waals surface area contributed by atoms with Gasteiger partial charge in [0.2, 0.25) is 0 Å². The number of Topliss-reactive ketones (excluding diaryl/α,β-unsaturated/α-hetero) is 1. The van der Waals surface area contributed by atoms with E-state index in [1.54, 1.807) is 0 Å². The molecule has 29 heavy (non-hydrogen) atoms. The second kappa shape index (κ2) is 16.0. The van der Waals surface area contributed by atoms with Gasteiger partial charge >= 0.3 is 0 Å². The van der Waals surface area contributed by atoms with Crippen LogP contribution in [0.25, 0.3) is 0 Å². The Hall–Kier alpha value is -0.730. The highest BCUT2D eigenvalue weighted by Gasteiger charge is 2.20. The van der Waals surface area contributed by atoms with E-state index in [1.807, 2.05) is 0 Å². The molecule has 4 heteroatoms. The lowest BCUT2D eigenvalue weighted by atomic mass is 9.88. The van der Waals surface area contributed by atoms with Crippen molar-refractivity contribution in [3.8, 4) is 5.75 Å². The van der Waals surface area contributed by atoms with Gasteiger partial charge in [-0.1, -0.05) is 127 Å². The summed E-state index contributed by atoms with van der Waals surface area (Å²) in [6.45, 7) is 4.47. The molecule has 2 nitrogen and oxygen atoms in total. The zero-order chi connectivity index (χ0) is 21.5. The summed E-state index contributed by atoms with van der Waals surface area (Å²) in [5.74, 6) is 0.185. The highest BCUT2D eigenvalue weighted by Crippen LogP contribution is 2.33. The van der Waals surface area contributed by atoms with Crippen molar-refractivity contribution in [1.29, 1.82) is 0 Å². The molecule has 0 aliphatic carbocycles. The average molecular weight is 443 g/mol. The number of carbonyl (C=O) groups excluding carboxylic acids is 1. The summed E-state index contributed by atoms with van der Waals surface area (Å²) in [4.78, 5) is 12.9. The van der Waals surface area contributed by atoms with Crippen LogP contribution < -0.4 is 0 Å². The molecular weight excluding hydrogens is 403 g/mol. The fourth-order valence-corrected chi connectivity index (χ4v) is 4.42. The van der Waals surface area contributed by atoms with Gasteiger partial charge < -0.3 is 5.11 Å². The molecule has 0 aliphatic heterocycles. The van der Waals surface area contributed by atoms with Gasteiger partial charge in [0, 0.05) is 11.4 Å². The minimum Gasteiger partial charge on any atom is -0.506 e. The molecule has 0 heterocycles. The van der Waals surface area contributed by atoms with Gasteiger partial charge in [-0.05, 0) is 18.1 Å². The molecule has 0 unspecified atom stereocenters. The van der Waals surface area contributed by atoms with Gasteiger partial charge in [-0.25, -0.2) is 0 Å². The summed E-state index contributed by atoms with van der Waals surface area (Å²) in [5, 5.41) is 10.7. The van der Waals surface area contributed by atoms with Crippen molar-refractivity contribution < 1.29 is 9.90 Å². The Kier molecular flexibility index (Phi) is 14.5. The minimum atomic E-state index is -0.140. The third kappa shape index (κ3) is 11.3. The molecule has 166 valence electrons. The molecule has 0 bridgehead atoms. The van der Waals surface area contributed by atoms with Crippen LogP contribution in [0.1, 0.15) is 121 Å². The zero-order valence-corrected chi connectivity index (χ0v) is 20.0. The first-order valence-corrected chi connectivity index (χ1v) is 12.5. The van der Waals surface area contributed by atoms with E-state index in [9.17, 15) is 9.90 Å². The number of phenols is 1. The van der Waals surface area contributed by atoms with Crippen molar-refractivity contribution in [1.82, 2.24) is 0 Å². The number of benzene rings is 1. The lowest BCUT2D eigenvalue weighted by Crippen LogP contribution is -2.10. The van der Waals surface area contributed by atoms with Crippen molar-refractivity contribution >= 4 is 29.0 Å². The van der Waals surface area contributed by atoms with Crippen LogP contribution in [0.5, 0.6) is 5.75 Å². The van der Waals surface area contributed by atoms with Crippen LogP contribution in [0.15, 0.2) is 12.1 Å². The highest BCUT2D eigenvalue weighted by molar-refractivity contribution is 6.36. The van der Waals surface area contributed by atoms with Crippen LogP contribution in [0, 0.1) is 5.92 Å². The molecule has 0 aliphatic rings. The van der Waals surface area contributed by atoms with E-state index < -0.39 is 0 Å². The number of phenolic OH excluding ortho intramolecular Hbond substituents is 1.